The Kier molecular flexibility index (Phi) is 8.46. The van der Waals surface area contributed by atoms with Crippen molar-refractivity contribution in [2.45, 2.75) is 19.3 Å². The van der Waals surface area contributed by atoms with E-state index in [9.17, 15) is 4.79 Å². The quantitative estimate of drug-likeness (QED) is 0.661. The van der Waals surface area contributed by atoms with E-state index in [2.05, 4.69) is 11.4 Å². The number of thiophene rings is 1. The van der Waals surface area contributed by atoms with E-state index in [-0.39, 0.29) is 5.91 Å². The largest absolute Gasteiger partial charge is 0.382 e. The number of hydrogen-bond acceptors (Lipinski definition) is 4. The number of methoxy groups -OCH3 is 1. The lowest BCUT2D eigenvalue weighted by Gasteiger charge is -2.05. The Bertz CT molecular complexity index is 314. The molecule has 1 aromatic heterocycles. The van der Waals surface area contributed by atoms with E-state index in [1.54, 1.807) is 18.4 Å². The summed E-state index contributed by atoms with van der Waals surface area (Å²) in [6.07, 6.45) is 2.23. The molecule has 4 nitrogen and oxygen atoms in total. The van der Waals surface area contributed by atoms with E-state index in [1.807, 2.05) is 11.4 Å². The van der Waals surface area contributed by atoms with Crippen LogP contribution in [0.1, 0.15) is 17.7 Å². The van der Waals surface area contributed by atoms with Crippen molar-refractivity contribution < 1.29 is 14.3 Å². The number of carbonyl (C=O) groups excluding carboxylic acids is 1. The van der Waals surface area contributed by atoms with Crippen LogP contribution in [-0.4, -0.2) is 39.4 Å². The summed E-state index contributed by atoms with van der Waals surface area (Å²) >= 11 is 1.69. The van der Waals surface area contributed by atoms with Crippen molar-refractivity contribution >= 4 is 17.2 Å². The molecule has 18 heavy (non-hydrogen) atoms. The Balaban J connectivity index is 1.90. The lowest BCUT2D eigenvalue weighted by molar-refractivity contribution is -0.121. The van der Waals surface area contributed by atoms with Crippen LogP contribution in [0.3, 0.4) is 0 Å². The molecule has 0 saturated carbocycles. The molecule has 0 radical (unpaired) electrons. The number of hydrogen-bond donors (Lipinski definition) is 1. The fraction of sp³-hybridized carbons (Fsp3) is 0.615. The van der Waals surface area contributed by atoms with Gasteiger partial charge in [0, 0.05) is 31.6 Å². The molecule has 1 rings (SSSR count). The third kappa shape index (κ3) is 7.42. The summed E-state index contributed by atoms with van der Waals surface area (Å²) in [4.78, 5) is 12.8. The van der Waals surface area contributed by atoms with Crippen LogP contribution in [-0.2, 0) is 20.7 Å². The van der Waals surface area contributed by atoms with Crippen molar-refractivity contribution in [2.75, 3.05) is 33.5 Å². The number of aryl methyl sites for hydroxylation is 1. The van der Waals surface area contributed by atoms with Gasteiger partial charge in [0.2, 0.25) is 5.91 Å². The van der Waals surface area contributed by atoms with Gasteiger partial charge in [-0.05, 0) is 24.3 Å². The van der Waals surface area contributed by atoms with Gasteiger partial charge >= 0.3 is 0 Å². The number of amides is 1. The smallest absolute Gasteiger partial charge is 0.220 e. The second-order valence-corrected chi connectivity index (χ2v) is 4.92. The molecule has 0 aliphatic rings. The first-order valence-corrected chi connectivity index (χ1v) is 7.06. The second-order valence-electron chi connectivity index (χ2n) is 3.89. The van der Waals surface area contributed by atoms with Gasteiger partial charge < -0.3 is 14.8 Å². The van der Waals surface area contributed by atoms with Crippen LogP contribution in [0.5, 0.6) is 0 Å². The summed E-state index contributed by atoms with van der Waals surface area (Å²) < 4.78 is 10.2. The molecular weight excluding hydrogens is 250 g/mol. The molecule has 0 atom stereocenters. The van der Waals surface area contributed by atoms with E-state index in [4.69, 9.17) is 9.47 Å². The zero-order valence-electron chi connectivity index (χ0n) is 10.8. The zero-order valence-corrected chi connectivity index (χ0v) is 11.6. The summed E-state index contributed by atoms with van der Waals surface area (Å²) in [5.74, 6) is 0.111. The van der Waals surface area contributed by atoms with E-state index >= 15 is 0 Å². The second kappa shape index (κ2) is 10.1. The van der Waals surface area contributed by atoms with E-state index in [0.29, 0.717) is 32.8 Å². The van der Waals surface area contributed by atoms with Crippen molar-refractivity contribution in [1.82, 2.24) is 5.32 Å². The van der Waals surface area contributed by atoms with Crippen molar-refractivity contribution in [3.05, 3.63) is 22.4 Å². The Labute approximate surface area is 112 Å². The van der Waals surface area contributed by atoms with Gasteiger partial charge in [-0.2, -0.15) is 0 Å². The van der Waals surface area contributed by atoms with Crippen molar-refractivity contribution in [3.63, 3.8) is 0 Å². The highest BCUT2D eigenvalue weighted by atomic mass is 32.1. The average Bonchev–Trinajstić information content (AvgIpc) is 2.88. The van der Waals surface area contributed by atoms with Gasteiger partial charge in [-0.15, -0.1) is 11.3 Å². The first kappa shape index (κ1) is 15.1. The molecule has 0 spiro atoms. The van der Waals surface area contributed by atoms with Crippen LogP contribution in [0.25, 0.3) is 0 Å². The molecular formula is C13H21NO3S. The SMILES string of the molecule is COCCOCCCNC(=O)CCc1cccs1. The molecule has 1 N–H and O–H groups in total. The predicted molar refractivity (Wildman–Crippen MR) is 73.0 cm³/mol. The fourth-order valence-corrected chi connectivity index (χ4v) is 2.14. The molecule has 0 unspecified atom stereocenters. The maximum absolute atomic E-state index is 11.5. The summed E-state index contributed by atoms with van der Waals surface area (Å²) in [5, 5.41) is 4.92. The van der Waals surface area contributed by atoms with Gasteiger partial charge in [0.05, 0.1) is 13.2 Å². The van der Waals surface area contributed by atoms with Gasteiger partial charge in [-0.3, -0.25) is 4.79 Å². The van der Waals surface area contributed by atoms with Crippen molar-refractivity contribution in [1.29, 1.82) is 0 Å². The Hall–Kier alpha value is -0.910. The minimum atomic E-state index is 0.111. The van der Waals surface area contributed by atoms with Crippen LogP contribution < -0.4 is 5.32 Å². The predicted octanol–water partition coefficient (Wildman–Crippen LogP) is 1.85. The third-order valence-electron chi connectivity index (χ3n) is 2.40. The molecule has 1 heterocycles. The Morgan fingerprint density at radius 1 is 1.39 bits per heavy atom. The van der Waals surface area contributed by atoms with Gasteiger partial charge in [0.25, 0.3) is 0 Å². The minimum absolute atomic E-state index is 0.111. The van der Waals surface area contributed by atoms with Crippen LogP contribution in [0.4, 0.5) is 0 Å². The molecule has 1 aromatic rings. The maximum atomic E-state index is 11.5. The first-order chi connectivity index (χ1) is 8.83. The Morgan fingerprint density at radius 3 is 3.00 bits per heavy atom. The molecule has 0 bridgehead atoms. The molecule has 0 aromatic carbocycles. The molecule has 0 saturated heterocycles. The lowest BCUT2D eigenvalue weighted by Crippen LogP contribution is -2.25. The van der Waals surface area contributed by atoms with Crippen molar-refractivity contribution in [3.8, 4) is 0 Å². The summed E-state index contributed by atoms with van der Waals surface area (Å²) in [5.41, 5.74) is 0. The van der Waals surface area contributed by atoms with E-state index in [1.165, 1.54) is 4.88 Å². The zero-order chi connectivity index (χ0) is 13.1. The van der Waals surface area contributed by atoms with Crippen LogP contribution in [0.2, 0.25) is 0 Å². The van der Waals surface area contributed by atoms with Crippen LogP contribution in [0, 0.1) is 0 Å². The number of rotatable bonds is 10. The molecule has 1 amide bonds. The molecule has 0 aliphatic carbocycles. The standard InChI is InChI=1S/C13H21NO3S/c1-16-9-10-17-8-3-7-14-13(15)6-5-12-4-2-11-18-12/h2,4,11H,3,5-10H2,1H3,(H,14,15). The summed E-state index contributed by atoms with van der Waals surface area (Å²) in [7, 11) is 1.65. The van der Waals surface area contributed by atoms with Crippen LogP contribution in [0.15, 0.2) is 17.5 Å². The molecule has 0 aliphatic heterocycles. The summed E-state index contributed by atoms with van der Waals surface area (Å²) in [6, 6.07) is 4.07. The molecule has 0 fully saturated rings. The van der Waals surface area contributed by atoms with Gasteiger partial charge in [0.1, 0.15) is 0 Å². The maximum Gasteiger partial charge on any atom is 0.220 e. The highest BCUT2D eigenvalue weighted by molar-refractivity contribution is 7.09. The van der Waals surface area contributed by atoms with Gasteiger partial charge in [-0.1, -0.05) is 6.07 Å². The third-order valence-corrected chi connectivity index (χ3v) is 3.33. The highest BCUT2D eigenvalue weighted by Crippen LogP contribution is 2.10. The highest BCUT2D eigenvalue weighted by Gasteiger charge is 2.02. The Morgan fingerprint density at radius 2 is 2.28 bits per heavy atom. The van der Waals surface area contributed by atoms with Crippen LogP contribution >= 0.6 is 11.3 Å². The number of nitrogens with one attached hydrogen (secondary N) is 1. The van der Waals surface area contributed by atoms with Crippen molar-refractivity contribution in [2.24, 2.45) is 0 Å². The average molecular weight is 271 g/mol. The fourth-order valence-electron chi connectivity index (χ4n) is 1.43. The summed E-state index contributed by atoms with van der Waals surface area (Å²) in [6.45, 7) is 2.57. The lowest BCUT2D eigenvalue weighted by atomic mass is 10.2. The molecule has 102 valence electrons. The van der Waals surface area contributed by atoms with Gasteiger partial charge in [0.15, 0.2) is 0 Å². The normalized spacial score (nSPS) is 10.5. The number of ether oxygens (including phenoxy) is 2. The minimum Gasteiger partial charge on any atom is -0.382 e. The monoisotopic (exact) mass is 271 g/mol. The van der Waals surface area contributed by atoms with E-state index < -0.39 is 0 Å². The first-order valence-electron chi connectivity index (χ1n) is 6.18. The molecule has 5 heteroatoms. The number of carbonyl (C=O) groups is 1. The topological polar surface area (TPSA) is 47.6 Å². The van der Waals surface area contributed by atoms with E-state index in [0.717, 1.165) is 12.8 Å². The van der Waals surface area contributed by atoms with Gasteiger partial charge in [-0.25, -0.2) is 0 Å².